The number of hydrogen-bond acceptors (Lipinski definition) is 15. The summed E-state index contributed by atoms with van der Waals surface area (Å²) in [5, 5.41) is 67.6. The number of carbonyl (C=O) groups excluding carboxylic acids is 3. The van der Waals surface area contributed by atoms with Crippen molar-refractivity contribution in [2.75, 3.05) is 38.6 Å². The quantitative estimate of drug-likeness (QED) is 0.0926. The highest BCUT2D eigenvalue weighted by atomic mass is 16.7. The summed E-state index contributed by atoms with van der Waals surface area (Å²) in [5.41, 5.74) is -0.293. The lowest BCUT2D eigenvalue weighted by Crippen LogP contribution is -2.47. The van der Waals surface area contributed by atoms with Crippen LogP contribution in [0.1, 0.15) is 95.6 Å². The van der Waals surface area contributed by atoms with Gasteiger partial charge < -0.3 is 49.8 Å². The normalized spacial score (nSPS) is 32.4. The number of hydrogen-bond donors (Lipinski definition) is 6. The standard InChI is InChI=1S/C47H64N4O12/c1-24-13-12-14-25(2)46(59)49-37-32(23-48-51-20-18-50(19-21-51)31-15-10-11-16-31)41(56)34-35(42(37)57)40(55)29(6)44-36(34)45(58)47(8,63-44)61-22-17-33(60-9)26(3)43(62-30(7)52)28(5)39(54)27(4)38(24)53/h12-14,17,22-24,26-28,31,33,38-39,43,53-57H,10-11,15-16,18-21H2,1-9H3,(H,49,59)/b13-12+,22-17+,25-14-,48-23+/t24-,26+,27-,28-,33+,38-,39-,43-,47+/m1/s1. The van der Waals surface area contributed by atoms with Gasteiger partial charge in [-0.05, 0) is 32.8 Å². The van der Waals surface area contributed by atoms with Crippen LogP contribution in [0.3, 0.4) is 0 Å². The minimum atomic E-state index is -2.04. The molecule has 1 aliphatic carbocycles. The Morgan fingerprint density at radius 1 is 0.921 bits per heavy atom. The molecule has 6 N–H and O–H groups in total. The lowest BCUT2D eigenvalue weighted by molar-refractivity contribution is -0.160. The van der Waals surface area contributed by atoms with Crippen molar-refractivity contribution in [2.24, 2.45) is 28.8 Å². The molecule has 0 aromatic heterocycles. The number of nitrogens with one attached hydrogen (secondary N) is 1. The summed E-state index contributed by atoms with van der Waals surface area (Å²) >= 11 is 0. The van der Waals surface area contributed by atoms with E-state index in [9.17, 15) is 39.9 Å². The molecular weight excluding hydrogens is 813 g/mol. The van der Waals surface area contributed by atoms with Gasteiger partial charge in [-0.15, -0.1) is 0 Å². The van der Waals surface area contributed by atoms with Gasteiger partial charge in [0, 0.05) is 93.4 Å². The first-order valence-electron chi connectivity index (χ1n) is 21.9. The molecule has 16 heteroatoms. The van der Waals surface area contributed by atoms with Crippen LogP contribution in [-0.4, -0.2) is 129 Å². The van der Waals surface area contributed by atoms with E-state index >= 15 is 0 Å². The Bertz CT molecular complexity index is 2190. The fourth-order valence-corrected chi connectivity index (χ4v) is 9.47. The number of aliphatic hydroxyl groups is 2. The number of Topliss-reactive ketones (excluding diaryl/α,β-unsaturated/α-hetero) is 1. The Kier molecular flexibility index (Phi) is 14.5. The van der Waals surface area contributed by atoms with E-state index in [2.05, 4.69) is 15.3 Å². The third-order valence-electron chi connectivity index (χ3n) is 13.5. The number of nitrogens with zero attached hydrogens (tertiary/aromatic N) is 3. The molecule has 0 radical (unpaired) electrons. The molecule has 344 valence electrons. The Morgan fingerprint density at radius 3 is 2.22 bits per heavy atom. The number of ketones is 1. The average molecular weight is 877 g/mol. The number of hydrazone groups is 1. The Hall–Kier alpha value is -5.16. The number of phenolic OH excluding ortho intramolecular Hbond substituents is 3. The number of ether oxygens (including phenoxy) is 4. The number of methoxy groups -OCH3 is 1. The maximum Gasteiger partial charge on any atom is 0.312 e. The fourth-order valence-electron chi connectivity index (χ4n) is 9.47. The van der Waals surface area contributed by atoms with E-state index < -0.39 is 88.8 Å². The lowest BCUT2D eigenvalue weighted by Gasteiger charge is -2.38. The van der Waals surface area contributed by atoms with Crippen molar-refractivity contribution in [1.82, 2.24) is 9.91 Å². The summed E-state index contributed by atoms with van der Waals surface area (Å²) in [6.07, 6.45) is 9.75. The van der Waals surface area contributed by atoms with Gasteiger partial charge >= 0.3 is 11.8 Å². The van der Waals surface area contributed by atoms with Crippen LogP contribution in [0.15, 0.2) is 41.2 Å². The second kappa shape index (κ2) is 19.3. The third kappa shape index (κ3) is 9.40. The topological polar surface area (TPSA) is 220 Å². The molecule has 4 aliphatic heterocycles. The Morgan fingerprint density at radius 2 is 1.59 bits per heavy atom. The van der Waals surface area contributed by atoms with Crippen molar-refractivity contribution in [2.45, 2.75) is 117 Å². The summed E-state index contributed by atoms with van der Waals surface area (Å²) < 4.78 is 23.7. The molecule has 4 heterocycles. The number of esters is 1. The summed E-state index contributed by atoms with van der Waals surface area (Å²) in [5.74, 6) is -8.28. The zero-order valence-electron chi connectivity index (χ0n) is 37.8. The first kappa shape index (κ1) is 47.3. The second-order valence-corrected chi connectivity index (χ2v) is 17.8. The highest BCUT2D eigenvalue weighted by Gasteiger charge is 2.50. The van der Waals surface area contributed by atoms with Crippen LogP contribution in [0.5, 0.6) is 23.0 Å². The summed E-state index contributed by atoms with van der Waals surface area (Å²) in [6.45, 7) is 15.4. The van der Waals surface area contributed by atoms with Crippen LogP contribution in [0.2, 0.25) is 0 Å². The number of aromatic hydroxyl groups is 3. The molecule has 9 atom stereocenters. The van der Waals surface area contributed by atoms with E-state index in [1.54, 1.807) is 39.8 Å². The number of carbonyl (C=O) groups is 3. The van der Waals surface area contributed by atoms with Gasteiger partial charge in [0.2, 0.25) is 0 Å². The minimum absolute atomic E-state index is 0.0631. The highest BCUT2D eigenvalue weighted by Crippen LogP contribution is 2.55. The Balaban J connectivity index is 1.47. The number of rotatable bonds is 5. The van der Waals surface area contributed by atoms with Gasteiger partial charge in [0.25, 0.3) is 11.7 Å². The smallest absolute Gasteiger partial charge is 0.312 e. The van der Waals surface area contributed by atoms with Gasteiger partial charge in [0.05, 0.1) is 53.0 Å². The van der Waals surface area contributed by atoms with Gasteiger partial charge in [0.15, 0.2) is 5.75 Å². The largest absolute Gasteiger partial charge is 0.507 e. The van der Waals surface area contributed by atoms with E-state index in [0.717, 1.165) is 13.1 Å². The third-order valence-corrected chi connectivity index (χ3v) is 13.5. The Labute approximate surface area is 368 Å². The maximum atomic E-state index is 14.5. The number of fused-ring (bicyclic) bond motifs is 14. The molecule has 63 heavy (non-hydrogen) atoms. The molecule has 1 saturated carbocycles. The van der Waals surface area contributed by atoms with Crippen molar-refractivity contribution in [3.8, 4) is 23.0 Å². The van der Waals surface area contributed by atoms with E-state index in [1.165, 1.54) is 85.1 Å². The van der Waals surface area contributed by atoms with Crippen molar-refractivity contribution in [3.63, 3.8) is 0 Å². The molecule has 2 aromatic carbocycles. The van der Waals surface area contributed by atoms with E-state index in [4.69, 9.17) is 18.9 Å². The first-order chi connectivity index (χ1) is 29.8. The molecule has 5 bridgehead atoms. The maximum absolute atomic E-state index is 14.5. The van der Waals surface area contributed by atoms with Crippen LogP contribution >= 0.6 is 0 Å². The average Bonchev–Trinajstić information content (AvgIpc) is 3.89. The van der Waals surface area contributed by atoms with E-state index in [-0.39, 0.29) is 44.5 Å². The number of anilines is 1. The van der Waals surface area contributed by atoms with Gasteiger partial charge in [-0.3, -0.25) is 24.3 Å². The number of phenols is 3. The molecule has 16 nitrogen and oxygen atoms in total. The predicted octanol–water partition coefficient (Wildman–Crippen LogP) is 5.65. The number of allylic oxidation sites excluding steroid dienone is 2. The molecule has 0 unspecified atom stereocenters. The summed E-state index contributed by atoms with van der Waals surface area (Å²) in [7, 11) is 1.44. The van der Waals surface area contributed by atoms with Gasteiger partial charge in [-0.2, -0.15) is 5.10 Å². The van der Waals surface area contributed by atoms with Crippen LogP contribution in [0.25, 0.3) is 10.8 Å². The first-order valence-corrected chi connectivity index (χ1v) is 21.9. The summed E-state index contributed by atoms with van der Waals surface area (Å²) in [6, 6.07) is 0.553. The fraction of sp³-hybridized carbons (Fsp3) is 0.574. The van der Waals surface area contributed by atoms with Crippen molar-refractivity contribution in [3.05, 3.63) is 52.8 Å². The molecule has 1 amide bonds. The zero-order chi connectivity index (χ0) is 46.1. The molecule has 7 rings (SSSR count). The van der Waals surface area contributed by atoms with Gasteiger partial charge in [-0.1, -0.05) is 58.8 Å². The molecule has 1 saturated heterocycles. The number of benzene rings is 2. The molecule has 2 aromatic rings. The number of aliphatic hydroxyl groups excluding tert-OH is 2. The predicted molar refractivity (Wildman–Crippen MR) is 237 cm³/mol. The molecule has 2 fully saturated rings. The van der Waals surface area contributed by atoms with Crippen LogP contribution in [-0.2, 0) is 23.8 Å². The number of amides is 1. The number of piperazine rings is 1. The van der Waals surface area contributed by atoms with Crippen molar-refractivity contribution >= 4 is 40.3 Å². The van der Waals surface area contributed by atoms with Gasteiger partial charge in [0.1, 0.15) is 23.4 Å². The van der Waals surface area contributed by atoms with Crippen LogP contribution < -0.4 is 10.1 Å². The van der Waals surface area contributed by atoms with E-state index in [1.807, 2.05) is 5.01 Å². The monoisotopic (exact) mass is 876 g/mol. The molecular formula is C47H64N4O12. The second-order valence-electron chi connectivity index (χ2n) is 17.8. The van der Waals surface area contributed by atoms with Gasteiger partial charge in [-0.25, -0.2) is 0 Å². The lowest BCUT2D eigenvalue weighted by atomic mass is 9.78. The zero-order valence-corrected chi connectivity index (χ0v) is 37.8. The minimum Gasteiger partial charge on any atom is -0.507 e. The summed E-state index contributed by atoms with van der Waals surface area (Å²) in [4.78, 5) is 43.2. The molecule has 0 spiro atoms. The highest BCUT2D eigenvalue weighted by molar-refractivity contribution is 6.23. The van der Waals surface area contributed by atoms with Crippen molar-refractivity contribution < 1.29 is 58.9 Å². The van der Waals surface area contributed by atoms with Crippen LogP contribution in [0, 0.1) is 30.6 Å². The van der Waals surface area contributed by atoms with E-state index in [0.29, 0.717) is 19.1 Å². The van der Waals surface area contributed by atoms with Crippen LogP contribution in [0.4, 0.5) is 5.69 Å². The van der Waals surface area contributed by atoms with Crippen molar-refractivity contribution in [1.29, 1.82) is 0 Å². The molecule has 5 aliphatic rings. The SMILES string of the molecule is CO[C@H]1/C=C/O[C@@]2(C)Oc3c(C)c(O)c4c(O)c(c(/C=N/N5CCN(C6CCCC6)CC5)c(O)c4c3C2=O)NC(=O)/C(C)=C\C=C\[C@@H](C)[C@@H](O)[C@@H](C)[C@@H](O)[C@@H](C)[C@H](OC(C)=O)[C@H]1C.